The summed E-state index contributed by atoms with van der Waals surface area (Å²) in [6.45, 7) is 0. The SMILES string of the molecule is N#Cc1ccc(NC2CC(=O)NC2=O)cc1Cl. The third-order valence-electron chi connectivity index (χ3n) is 2.40. The van der Waals surface area contributed by atoms with Crippen LogP contribution < -0.4 is 10.6 Å². The molecule has 0 saturated carbocycles. The molecule has 1 unspecified atom stereocenters. The molecule has 0 aromatic heterocycles. The van der Waals surface area contributed by atoms with Crippen LogP contribution in [0, 0.1) is 11.3 Å². The minimum atomic E-state index is -0.577. The van der Waals surface area contributed by atoms with E-state index in [0.717, 1.165) is 0 Å². The summed E-state index contributed by atoms with van der Waals surface area (Å²) < 4.78 is 0. The van der Waals surface area contributed by atoms with Gasteiger partial charge in [0.15, 0.2) is 0 Å². The maximum absolute atomic E-state index is 11.3. The third-order valence-corrected chi connectivity index (χ3v) is 2.71. The molecule has 1 fully saturated rings. The predicted molar refractivity (Wildman–Crippen MR) is 61.3 cm³/mol. The molecule has 2 N–H and O–H groups in total. The number of hydrogen-bond acceptors (Lipinski definition) is 4. The fourth-order valence-corrected chi connectivity index (χ4v) is 1.79. The topological polar surface area (TPSA) is 82.0 Å². The van der Waals surface area contributed by atoms with Gasteiger partial charge in [0, 0.05) is 5.69 Å². The van der Waals surface area contributed by atoms with Crippen molar-refractivity contribution in [2.45, 2.75) is 12.5 Å². The lowest BCUT2D eigenvalue weighted by Gasteiger charge is -2.11. The molecule has 0 bridgehead atoms. The first-order chi connectivity index (χ1) is 8.10. The van der Waals surface area contributed by atoms with Gasteiger partial charge in [0.1, 0.15) is 12.1 Å². The van der Waals surface area contributed by atoms with Crippen molar-refractivity contribution in [1.82, 2.24) is 5.32 Å². The average Bonchev–Trinajstić information content (AvgIpc) is 2.58. The Balaban J connectivity index is 2.15. The standard InChI is InChI=1S/C11H8ClN3O2/c12-8-3-7(2-1-6(8)5-13)14-9-4-10(16)15-11(9)17/h1-3,9,14H,4H2,(H,15,16,17). The Morgan fingerprint density at radius 2 is 2.24 bits per heavy atom. The number of carbonyl (C=O) groups excluding carboxylic acids is 2. The Kier molecular flexibility index (Phi) is 2.98. The molecule has 0 radical (unpaired) electrons. The van der Waals surface area contributed by atoms with Gasteiger partial charge in [-0.05, 0) is 18.2 Å². The zero-order valence-corrected chi connectivity index (χ0v) is 9.41. The molecule has 2 amide bonds. The number of nitriles is 1. The van der Waals surface area contributed by atoms with Gasteiger partial charge in [0.25, 0.3) is 0 Å². The van der Waals surface area contributed by atoms with Crippen molar-refractivity contribution in [3.05, 3.63) is 28.8 Å². The molecule has 86 valence electrons. The molecule has 17 heavy (non-hydrogen) atoms. The molecule has 1 aliphatic rings. The van der Waals surface area contributed by atoms with Crippen LogP contribution in [0.25, 0.3) is 0 Å². The lowest BCUT2D eigenvalue weighted by Crippen LogP contribution is -2.29. The molecule has 1 aromatic rings. The fraction of sp³-hybridized carbons (Fsp3) is 0.182. The van der Waals surface area contributed by atoms with Gasteiger partial charge in [0.2, 0.25) is 11.8 Å². The van der Waals surface area contributed by atoms with Gasteiger partial charge in [-0.2, -0.15) is 5.26 Å². The van der Waals surface area contributed by atoms with Gasteiger partial charge < -0.3 is 5.32 Å². The third kappa shape index (κ3) is 2.37. The molecule has 0 aliphatic carbocycles. The number of hydrogen-bond donors (Lipinski definition) is 2. The second-order valence-electron chi connectivity index (χ2n) is 3.62. The van der Waals surface area contributed by atoms with Crippen molar-refractivity contribution >= 4 is 29.1 Å². The van der Waals surface area contributed by atoms with Crippen LogP contribution in [0.1, 0.15) is 12.0 Å². The summed E-state index contributed by atoms with van der Waals surface area (Å²) in [5.74, 6) is -0.650. The number of anilines is 1. The second kappa shape index (κ2) is 4.44. The maximum atomic E-state index is 11.3. The summed E-state index contributed by atoms with van der Waals surface area (Å²) in [7, 11) is 0. The number of rotatable bonds is 2. The molecule has 1 heterocycles. The molecule has 0 spiro atoms. The van der Waals surface area contributed by atoms with E-state index in [9.17, 15) is 9.59 Å². The number of amides is 2. The molecule has 1 saturated heterocycles. The van der Waals surface area contributed by atoms with Crippen molar-refractivity contribution in [2.24, 2.45) is 0 Å². The van der Waals surface area contributed by atoms with Crippen LogP contribution in [0.2, 0.25) is 5.02 Å². The molecule has 1 aromatic carbocycles. The molecular formula is C11H8ClN3O2. The first-order valence-electron chi connectivity index (χ1n) is 4.90. The van der Waals surface area contributed by atoms with E-state index in [1.165, 1.54) is 0 Å². The highest BCUT2D eigenvalue weighted by Gasteiger charge is 2.30. The summed E-state index contributed by atoms with van der Waals surface area (Å²) >= 11 is 5.85. The van der Waals surface area contributed by atoms with Gasteiger partial charge in [0.05, 0.1) is 17.0 Å². The van der Waals surface area contributed by atoms with Crippen molar-refractivity contribution in [2.75, 3.05) is 5.32 Å². The van der Waals surface area contributed by atoms with E-state index in [0.29, 0.717) is 16.3 Å². The Labute approximate surface area is 102 Å². The molecule has 5 nitrogen and oxygen atoms in total. The average molecular weight is 250 g/mol. The van der Waals surface area contributed by atoms with Crippen LogP contribution in [-0.2, 0) is 9.59 Å². The summed E-state index contributed by atoms with van der Waals surface area (Å²) in [5.41, 5.74) is 0.966. The van der Waals surface area contributed by atoms with Crippen molar-refractivity contribution in [3.8, 4) is 6.07 Å². The van der Waals surface area contributed by atoms with Gasteiger partial charge in [-0.3, -0.25) is 14.9 Å². The van der Waals surface area contributed by atoms with E-state index in [2.05, 4.69) is 10.6 Å². The number of benzene rings is 1. The monoisotopic (exact) mass is 249 g/mol. The quantitative estimate of drug-likeness (QED) is 0.768. The van der Waals surface area contributed by atoms with Crippen LogP contribution in [-0.4, -0.2) is 17.9 Å². The molecular weight excluding hydrogens is 242 g/mol. The number of nitrogens with one attached hydrogen (secondary N) is 2. The molecule has 1 atom stereocenters. The lowest BCUT2D eigenvalue weighted by atomic mass is 10.2. The highest BCUT2D eigenvalue weighted by atomic mass is 35.5. The largest absolute Gasteiger partial charge is 0.373 e. The summed E-state index contributed by atoms with van der Waals surface area (Å²) in [6.07, 6.45) is 0.108. The highest BCUT2D eigenvalue weighted by Crippen LogP contribution is 2.21. The maximum Gasteiger partial charge on any atom is 0.249 e. The lowest BCUT2D eigenvalue weighted by molar-refractivity contribution is -0.124. The van der Waals surface area contributed by atoms with Crippen LogP contribution in [0.3, 0.4) is 0 Å². The van der Waals surface area contributed by atoms with Crippen LogP contribution in [0.4, 0.5) is 5.69 Å². The van der Waals surface area contributed by atoms with E-state index in [1.54, 1.807) is 18.2 Å². The molecule has 6 heteroatoms. The van der Waals surface area contributed by atoms with Gasteiger partial charge in [-0.1, -0.05) is 11.6 Å². The Morgan fingerprint density at radius 1 is 1.47 bits per heavy atom. The van der Waals surface area contributed by atoms with Gasteiger partial charge >= 0.3 is 0 Å². The van der Waals surface area contributed by atoms with Crippen LogP contribution in [0.5, 0.6) is 0 Å². The number of nitrogens with zero attached hydrogens (tertiary/aromatic N) is 1. The van der Waals surface area contributed by atoms with E-state index in [-0.39, 0.29) is 18.2 Å². The molecule has 2 rings (SSSR count). The van der Waals surface area contributed by atoms with E-state index < -0.39 is 6.04 Å². The normalized spacial score (nSPS) is 18.7. The van der Waals surface area contributed by atoms with Crippen molar-refractivity contribution < 1.29 is 9.59 Å². The summed E-state index contributed by atoms with van der Waals surface area (Å²) in [6, 6.07) is 6.11. The molecule has 1 aliphatic heterocycles. The van der Waals surface area contributed by atoms with Crippen LogP contribution in [0.15, 0.2) is 18.2 Å². The van der Waals surface area contributed by atoms with E-state index in [1.807, 2.05) is 6.07 Å². The van der Waals surface area contributed by atoms with Crippen molar-refractivity contribution in [3.63, 3.8) is 0 Å². The minimum absolute atomic E-state index is 0.108. The minimum Gasteiger partial charge on any atom is -0.373 e. The van der Waals surface area contributed by atoms with E-state index >= 15 is 0 Å². The van der Waals surface area contributed by atoms with Crippen LogP contribution >= 0.6 is 11.6 Å². The number of halogens is 1. The Bertz CT molecular complexity index is 536. The van der Waals surface area contributed by atoms with Crippen molar-refractivity contribution in [1.29, 1.82) is 5.26 Å². The highest BCUT2D eigenvalue weighted by molar-refractivity contribution is 6.32. The Hall–Kier alpha value is -2.06. The zero-order chi connectivity index (χ0) is 12.4. The first-order valence-corrected chi connectivity index (χ1v) is 5.28. The van der Waals surface area contributed by atoms with Gasteiger partial charge in [-0.25, -0.2) is 0 Å². The smallest absolute Gasteiger partial charge is 0.249 e. The van der Waals surface area contributed by atoms with Gasteiger partial charge in [-0.15, -0.1) is 0 Å². The zero-order valence-electron chi connectivity index (χ0n) is 8.66. The summed E-state index contributed by atoms with van der Waals surface area (Å²) in [4.78, 5) is 22.3. The number of imide groups is 1. The predicted octanol–water partition coefficient (Wildman–Crippen LogP) is 1.04. The number of carbonyl (C=O) groups is 2. The van der Waals surface area contributed by atoms with E-state index in [4.69, 9.17) is 16.9 Å². The summed E-state index contributed by atoms with van der Waals surface area (Å²) in [5, 5.41) is 14.1. The Morgan fingerprint density at radius 3 is 2.76 bits per heavy atom. The fourth-order valence-electron chi connectivity index (χ4n) is 1.57. The first kappa shape index (κ1) is 11.4. The second-order valence-corrected chi connectivity index (χ2v) is 4.03.